The molecule has 1 aromatic heterocycles. The van der Waals surface area contributed by atoms with Crippen molar-refractivity contribution in [3.8, 4) is 0 Å². The fraction of sp³-hybridized carbons (Fsp3) is 0.526. The molecule has 2 amide bonds. The van der Waals surface area contributed by atoms with E-state index in [-0.39, 0.29) is 11.8 Å². The molecule has 0 bridgehead atoms. The first kappa shape index (κ1) is 23.5. The van der Waals surface area contributed by atoms with Crippen molar-refractivity contribution >= 4 is 17.8 Å². The number of nitrogens with zero attached hydrogens (tertiary/aromatic N) is 3. The van der Waals surface area contributed by atoms with E-state index in [9.17, 15) is 22.8 Å². The molecule has 166 valence electrons. The maximum absolute atomic E-state index is 12.9. The van der Waals surface area contributed by atoms with Crippen LogP contribution in [-0.2, 0) is 9.59 Å². The van der Waals surface area contributed by atoms with Crippen molar-refractivity contribution in [3.05, 3.63) is 36.8 Å². The number of aliphatic carboxylic acids is 1. The molecule has 2 fully saturated rings. The molecule has 0 saturated carbocycles. The Kier molecular flexibility index (Phi) is 7.30. The molecule has 0 aromatic carbocycles. The third-order valence-corrected chi connectivity index (χ3v) is 5.36. The summed E-state index contributed by atoms with van der Waals surface area (Å²) < 4.78 is 36.7. The van der Waals surface area contributed by atoms with E-state index in [1.807, 2.05) is 16.8 Å². The fourth-order valence-electron chi connectivity index (χ4n) is 3.62. The highest BCUT2D eigenvalue weighted by Crippen LogP contribution is 2.33. The summed E-state index contributed by atoms with van der Waals surface area (Å²) in [6.45, 7) is 7.09. The van der Waals surface area contributed by atoms with E-state index in [0.717, 1.165) is 13.1 Å². The zero-order valence-corrected chi connectivity index (χ0v) is 16.5. The number of alkyl halides is 3. The van der Waals surface area contributed by atoms with E-state index in [4.69, 9.17) is 14.3 Å². The minimum atomic E-state index is -5.08. The Morgan fingerprint density at radius 3 is 2.33 bits per heavy atom. The molecule has 0 aliphatic carbocycles. The van der Waals surface area contributed by atoms with Gasteiger partial charge in [0.05, 0.1) is 11.8 Å². The van der Waals surface area contributed by atoms with Crippen LogP contribution in [0.4, 0.5) is 13.2 Å². The minimum absolute atomic E-state index is 0.0255. The van der Waals surface area contributed by atoms with E-state index in [1.54, 1.807) is 12.1 Å². The molecule has 3 heterocycles. The Morgan fingerprint density at radius 1 is 1.27 bits per heavy atom. The lowest BCUT2D eigenvalue weighted by atomic mass is 9.82. The second-order valence-corrected chi connectivity index (χ2v) is 7.10. The molecular formula is C19H24F3N3O5. The molecule has 1 spiro atoms. The SMILES string of the molecule is C=CCN1CCN(C)C2(CCN(C(=O)c3ccoc3)CC2)C1=O.O=C(O)C(F)(F)F. The van der Waals surface area contributed by atoms with Crippen molar-refractivity contribution in [1.29, 1.82) is 0 Å². The molecule has 2 aliphatic heterocycles. The number of amides is 2. The van der Waals surface area contributed by atoms with Crippen LogP contribution in [0.1, 0.15) is 23.2 Å². The Hall–Kier alpha value is -2.82. The summed E-state index contributed by atoms with van der Waals surface area (Å²) >= 11 is 0. The van der Waals surface area contributed by atoms with Crippen LogP contribution < -0.4 is 0 Å². The number of carboxylic acid groups (broad SMARTS) is 1. The van der Waals surface area contributed by atoms with Gasteiger partial charge in [-0.3, -0.25) is 14.5 Å². The number of likely N-dealkylation sites (N-methyl/N-ethyl adjacent to an activating group) is 1. The number of piperidine rings is 1. The van der Waals surface area contributed by atoms with Gasteiger partial charge >= 0.3 is 12.1 Å². The number of halogens is 3. The van der Waals surface area contributed by atoms with Gasteiger partial charge in [0.2, 0.25) is 5.91 Å². The number of hydrogen-bond donors (Lipinski definition) is 1. The van der Waals surface area contributed by atoms with Gasteiger partial charge in [-0.2, -0.15) is 13.2 Å². The van der Waals surface area contributed by atoms with E-state index < -0.39 is 17.7 Å². The van der Waals surface area contributed by atoms with Crippen LogP contribution in [0.25, 0.3) is 0 Å². The predicted octanol–water partition coefficient (Wildman–Crippen LogP) is 1.85. The van der Waals surface area contributed by atoms with Crippen LogP contribution in [0.3, 0.4) is 0 Å². The van der Waals surface area contributed by atoms with Gasteiger partial charge in [-0.1, -0.05) is 6.08 Å². The topological polar surface area (TPSA) is 94.3 Å². The monoisotopic (exact) mass is 431 g/mol. The Labute approximate surface area is 171 Å². The van der Waals surface area contributed by atoms with Gasteiger partial charge in [-0.25, -0.2) is 4.79 Å². The standard InChI is InChI=1S/C17H23N3O3.C2HF3O2/c1-3-7-20-11-10-18(2)17(16(20)22)5-8-19(9-6-17)15(21)14-4-12-23-13-14;3-2(4,5)1(6)7/h3-4,12-13H,1,5-11H2,2H3;(H,6,7). The van der Waals surface area contributed by atoms with Gasteiger partial charge in [-0.15, -0.1) is 6.58 Å². The van der Waals surface area contributed by atoms with Crippen molar-refractivity contribution < 1.29 is 37.1 Å². The molecule has 8 nitrogen and oxygen atoms in total. The lowest BCUT2D eigenvalue weighted by molar-refractivity contribution is -0.192. The smallest absolute Gasteiger partial charge is 0.475 e. The molecule has 2 saturated heterocycles. The normalized spacial score (nSPS) is 19.3. The van der Waals surface area contributed by atoms with Gasteiger partial charge in [0.1, 0.15) is 11.8 Å². The summed E-state index contributed by atoms with van der Waals surface area (Å²) in [5.41, 5.74) is 0.0894. The van der Waals surface area contributed by atoms with E-state index in [0.29, 0.717) is 38.0 Å². The third kappa shape index (κ3) is 5.02. The predicted molar refractivity (Wildman–Crippen MR) is 99.7 cm³/mol. The zero-order chi connectivity index (χ0) is 22.5. The van der Waals surface area contributed by atoms with Gasteiger partial charge in [-0.05, 0) is 26.0 Å². The average molecular weight is 431 g/mol. The summed E-state index contributed by atoms with van der Waals surface area (Å²) in [6.07, 6.45) is 0.994. The lowest BCUT2D eigenvalue weighted by Crippen LogP contribution is -2.67. The molecular weight excluding hydrogens is 407 g/mol. The van der Waals surface area contributed by atoms with Crippen molar-refractivity contribution in [2.45, 2.75) is 24.6 Å². The van der Waals surface area contributed by atoms with Crippen LogP contribution >= 0.6 is 0 Å². The molecule has 0 radical (unpaired) electrons. The van der Waals surface area contributed by atoms with Crippen LogP contribution in [0, 0.1) is 0 Å². The highest BCUT2D eigenvalue weighted by Gasteiger charge is 2.49. The summed E-state index contributed by atoms with van der Waals surface area (Å²) in [5, 5.41) is 7.12. The Bertz CT molecular complexity index is 771. The molecule has 30 heavy (non-hydrogen) atoms. The first-order chi connectivity index (χ1) is 14.0. The highest BCUT2D eigenvalue weighted by molar-refractivity contribution is 5.94. The number of hydrogen-bond acceptors (Lipinski definition) is 5. The Balaban J connectivity index is 0.000000396. The molecule has 0 atom stereocenters. The van der Waals surface area contributed by atoms with Crippen LogP contribution in [0.15, 0.2) is 35.7 Å². The van der Waals surface area contributed by atoms with Gasteiger partial charge in [0.15, 0.2) is 0 Å². The van der Waals surface area contributed by atoms with Gasteiger partial charge in [0.25, 0.3) is 5.91 Å². The third-order valence-electron chi connectivity index (χ3n) is 5.36. The largest absolute Gasteiger partial charge is 0.490 e. The zero-order valence-electron chi connectivity index (χ0n) is 16.5. The van der Waals surface area contributed by atoms with Crippen molar-refractivity contribution in [3.63, 3.8) is 0 Å². The van der Waals surface area contributed by atoms with Crippen molar-refractivity contribution in [2.75, 3.05) is 39.8 Å². The number of carbonyl (C=O) groups is 3. The summed E-state index contributed by atoms with van der Waals surface area (Å²) in [4.78, 5) is 40.1. The molecule has 3 rings (SSSR count). The molecule has 2 aliphatic rings. The lowest BCUT2D eigenvalue weighted by Gasteiger charge is -2.51. The van der Waals surface area contributed by atoms with Gasteiger partial charge in [0, 0.05) is 32.7 Å². The van der Waals surface area contributed by atoms with Gasteiger partial charge < -0.3 is 19.3 Å². The first-order valence-corrected chi connectivity index (χ1v) is 9.26. The van der Waals surface area contributed by atoms with Crippen LogP contribution in [0.2, 0.25) is 0 Å². The molecule has 1 N–H and O–H groups in total. The second kappa shape index (κ2) is 9.33. The molecule has 1 aromatic rings. The number of likely N-dealkylation sites (tertiary alicyclic amines) is 1. The number of carboxylic acids is 1. The minimum Gasteiger partial charge on any atom is -0.475 e. The van der Waals surface area contributed by atoms with E-state index >= 15 is 0 Å². The quantitative estimate of drug-likeness (QED) is 0.735. The van der Waals surface area contributed by atoms with Crippen molar-refractivity contribution in [2.24, 2.45) is 0 Å². The first-order valence-electron chi connectivity index (χ1n) is 9.26. The summed E-state index contributed by atoms with van der Waals surface area (Å²) in [6, 6.07) is 1.68. The number of piperazine rings is 1. The van der Waals surface area contributed by atoms with Crippen LogP contribution in [0.5, 0.6) is 0 Å². The average Bonchev–Trinajstić information content (AvgIpc) is 3.23. The second-order valence-electron chi connectivity index (χ2n) is 7.10. The summed E-state index contributed by atoms with van der Waals surface area (Å²) in [7, 11) is 2.01. The van der Waals surface area contributed by atoms with Crippen molar-refractivity contribution in [1.82, 2.24) is 14.7 Å². The summed E-state index contributed by atoms with van der Waals surface area (Å²) in [5.74, 6) is -2.61. The number of carbonyl (C=O) groups excluding carboxylic acids is 2. The fourth-order valence-corrected chi connectivity index (χ4v) is 3.62. The van der Waals surface area contributed by atoms with E-state index in [1.165, 1.54) is 12.5 Å². The number of rotatable bonds is 3. The molecule has 11 heteroatoms. The highest BCUT2D eigenvalue weighted by atomic mass is 19.4. The maximum Gasteiger partial charge on any atom is 0.490 e. The molecule has 0 unspecified atom stereocenters. The van der Waals surface area contributed by atoms with Crippen LogP contribution in [-0.4, -0.2) is 89.1 Å². The number of furan rings is 1. The maximum atomic E-state index is 12.9. The Morgan fingerprint density at radius 2 is 1.87 bits per heavy atom. The van der Waals surface area contributed by atoms with E-state index in [2.05, 4.69) is 11.5 Å².